The van der Waals surface area contributed by atoms with Crippen molar-refractivity contribution in [3.8, 4) is 0 Å². The van der Waals surface area contributed by atoms with E-state index in [2.05, 4.69) is 10.3 Å². The van der Waals surface area contributed by atoms with Crippen molar-refractivity contribution in [1.82, 2.24) is 9.78 Å². The monoisotopic (exact) mass is 233 g/mol. The Kier molecular flexibility index (Phi) is 3.40. The zero-order chi connectivity index (χ0) is 11.5. The molecule has 0 aliphatic heterocycles. The fourth-order valence-electron chi connectivity index (χ4n) is 1.09. The van der Waals surface area contributed by atoms with Crippen molar-refractivity contribution >= 4 is 16.1 Å². The number of hydrogen-bond donors (Lipinski definition) is 1. The lowest BCUT2D eigenvalue weighted by Crippen LogP contribution is -2.39. The highest BCUT2D eigenvalue weighted by atomic mass is 32.2. The minimum atomic E-state index is -3.01. The number of aryl methyl sites for hydroxylation is 2. The molecule has 0 fully saturated rings. The van der Waals surface area contributed by atoms with Crippen LogP contribution in [0.2, 0.25) is 0 Å². The highest BCUT2D eigenvalue weighted by Crippen LogP contribution is 1.86. The summed E-state index contributed by atoms with van der Waals surface area (Å²) >= 11 is 0. The van der Waals surface area contributed by atoms with E-state index in [1.807, 2.05) is 0 Å². The molecule has 0 aliphatic rings. The van der Waals surface area contributed by atoms with E-state index < -0.39 is 9.84 Å². The molecular formula is C7H13N4O3S+. The second-order valence-corrected chi connectivity index (χ2v) is 5.47. The van der Waals surface area contributed by atoms with Crippen LogP contribution in [0.25, 0.3) is 0 Å². The van der Waals surface area contributed by atoms with Gasteiger partial charge in [0.2, 0.25) is 6.33 Å². The minimum Gasteiger partial charge on any atom is -0.411 e. The summed E-state index contributed by atoms with van der Waals surface area (Å²) in [6, 6.07) is 0. The second kappa shape index (κ2) is 4.39. The molecule has 1 rings (SSSR count). The molecular weight excluding hydrogens is 220 g/mol. The van der Waals surface area contributed by atoms with Crippen LogP contribution in [0.3, 0.4) is 0 Å². The molecule has 1 aromatic heterocycles. The standard InChI is InChI=1S/C7H12N4O3S/c1-10-6-11(3-4-15(2,13)14)7(9-10)5-8-12/h5-6H,3-4H2,1-2H3/p+1. The van der Waals surface area contributed by atoms with Gasteiger partial charge in [0.15, 0.2) is 9.84 Å². The Morgan fingerprint density at radius 3 is 2.93 bits per heavy atom. The van der Waals surface area contributed by atoms with Crippen LogP contribution in [0.1, 0.15) is 5.82 Å². The third-order valence-electron chi connectivity index (χ3n) is 1.74. The molecule has 0 saturated heterocycles. The summed E-state index contributed by atoms with van der Waals surface area (Å²) in [5, 5.41) is 15.2. The van der Waals surface area contributed by atoms with E-state index in [0.29, 0.717) is 5.82 Å². The molecule has 0 atom stereocenters. The molecule has 15 heavy (non-hydrogen) atoms. The van der Waals surface area contributed by atoms with Gasteiger partial charge in [-0.2, -0.15) is 0 Å². The first-order valence-corrected chi connectivity index (χ1v) is 6.26. The predicted molar refractivity (Wildman–Crippen MR) is 52.5 cm³/mol. The first kappa shape index (κ1) is 11.6. The van der Waals surface area contributed by atoms with Crippen molar-refractivity contribution in [3.63, 3.8) is 0 Å². The van der Waals surface area contributed by atoms with Crippen LogP contribution in [-0.2, 0) is 23.4 Å². The van der Waals surface area contributed by atoms with E-state index in [4.69, 9.17) is 5.21 Å². The molecule has 84 valence electrons. The average Bonchev–Trinajstić information content (AvgIpc) is 2.42. The van der Waals surface area contributed by atoms with Gasteiger partial charge >= 0.3 is 5.82 Å². The first-order valence-electron chi connectivity index (χ1n) is 4.20. The molecule has 1 aromatic rings. The molecule has 1 heterocycles. The number of oxime groups is 1. The fraction of sp³-hybridized carbons (Fsp3) is 0.571. The zero-order valence-corrected chi connectivity index (χ0v) is 9.35. The number of rotatable bonds is 4. The summed E-state index contributed by atoms with van der Waals surface area (Å²) in [6.07, 6.45) is 3.95. The number of nitrogens with zero attached hydrogens (tertiary/aromatic N) is 4. The van der Waals surface area contributed by atoms with Gasteiger partial charge in [0, 0.05) is 11.4 Å². The van der Waals surface area contributed by atoms with Crippen LogP contribution >= 0.6 is 0 Å². The summed E-state index contributed by atoms with van der Waals surface area (Å²) in [5.74, 6) is 0.430. The number of sulfone groups is 1. The first-order chi connectivity index (χ1) is 6.92. The van der Waals surface area contributed by atoms with Gasteiger partial charge in [-0.25, -0.2) is 13.0 Å². The summed E-state index contributed by atoms with van der Waals surface area (Å²) in [5.41, 5.74) is 0. The maximum atomic E-state index is 11.0. The zero-order valence-electron chi connectivity index (χ0n) is 8.53. The maximum absolute atomic E-state index is 11.0. The van der Waals surface area contributed by atoms with Crippen LogP contribution in [0.5, 0.6) is 0 Å². The molecule has 0 spiro atoms. The number of hydrogen-bond acceptors (Lipinski definition) is 5. The molecule has 0 saturated carbocycles. The molecule has 0 aromatic carbocycles. The Labute approximate surface area is 87.6 Å². The largest absolute Gasteiger partial charge is 0.411 e. The van der Waals surface area contributed by atoms with Gasteiger partial charge in [-0.1, -0.05) is 5.16 Å². The van der Waals surface area contributed by atoms with E-state index in [0.717, 1.165) is 6.21 Å². The number of aromatic nitrogens is 3. The molecule has 7 nitrogen and oxygen atoms in total. The third-order valence-corrected chi connectivity index (χ3v) is 2.66. The molecule has 0 bridgehead atoms. The Hall–Kier alpha value is -1.44. The van der Waals surface area contributed by atoms with E-state index >= 15 is 0 Å². The van der Waals surface area contributed by atoms with Gasteiger partial charge in [0.05, 0.1) is 19.3 Å². The highest BCUT2D eigenvalue weighted by Gasteiger charge is 2.14. The van der Waals surface area contributed by atoms with Crippen LogP contribution in [0.4, 0.5) is 0 Å². The van der Waals surface area contributed by atoms with Gasteiger partial charge in [0.25, 0.3) is 0 Å². The minimum absolute atomic E-state index is 0.0234. The molecule has 0 radical (unpaired) electrons. The van der Waals surface area contributed by atoms with E-state index in [-0.39, 0.29) is 12.3 Å². The van der Waals surface area contributed by atoms with Gasteiger partial charge in [0.1, 0.15) is 6.21 Å². The normalized spacial score (nSPS) is 12.4. The van der Waals surface area contributed by atoms with Crippen molar-refractivity contribution in [1.29, 1.82) is 0 Å². The van der Waals surface area contributed by atoms with Crippen LogP contribution < -0.4 is 4.57 Å². The van der Waals surface area contributed by atoms with Crippen LogP contribution in [0.15, 0.2) is 11.5 Å². The lowest BCUT2D eigenvalue weighted by Gasteiger charge is -1.95. The Bertz CT molecular complexity index is 463. The van der Waals surface area contributed by atoms with Gasteiger partial charge in [-0.05, 0) is 0 Å². The van der Waals surface area contributed by atoms with Crippen molar-refractivity contribution < 1.29 is 18.2 Å². The third kappa shape index (κ3) is 3.66. The van der Waals surface area contributed by atoms with E-state index in [1.54, 1.807) is 17.9 Å². The average molecular weight is 233 g/mol. The summed E-state index contributed by atoms with van der Waals surface area (Å²) < 4.78 is 25.0. The lowest BCUT2D eigenvalue weighted by atomic mass is 10.6. The Morgan fingerprint density at radius 2 is 2.40 bits per heavy atom. The van der Waals surface area contributed by atoms with Crippen molar-refractivity contribution in [2.75, 3.05) is 12.0 Å². The molecule has 0 amide bonds. The van der Waals surface area contributed by atoms with Crippen molar-refractivity contribution in [2.45, 2.75) is 6.54 Å². The summed E-state index contributed by atoms with van der Waals surface area (Å²) in [6.45, 7) is 0.286. The van der Waals surface area contributed by atoms with Gasteiger partial charge in [-0.3, -0.25) is 0 Å². The molecule has 0 aliphatic carbocycles. The van der Waals surface area contributed by atoms with Crippen LogP contribution in [-0.4, -0.2) is 41.6 Å². The van der Waals surface area contributed by atoms with E-state index in [9.17, 15) is 8.42 Å². The quantitative estimate of drug-likeness (QED) is 0.298. The fourth-order valence-corrected chi connectivity index (χ4v) is 1.62. The Morgan fingerprint density at radius 1 is 1.73 bits per heavy atom. The van der Waals surface area contributed by atoms with Gasteiger partial charge in [-0.15, -0.1) is 4.68 Å². The predicted octanol–water partition coefficient (Wildman–Crippen LogP) is -1.44. The maximum Gasteiger partial charge on any atom is 0.323 e. The van der Waals surface area contributed by atoms with E-state index in [1.165, 1.54) is 10.9 Å². The molecule has 8 heteroatoms. The second-order valence-electron chi connectivity index (χ2n) is 3.22. The van der Waals surface area contributed by atoms with Crippen molar-refractivity contribution in [3.05, 3.63) is 12.2 Å². The molecule has 1 N–H and O–H groups in total. The Balaban J connectivity index is 2.84. The summed E-state index contributed by atoms with van der Waals surface area (Å²) in [4.78, 5) is 0. The molecule has 0 unspecified atom stereocenters. The smallest absolute Gasteiger partial charge is 0.323 e. The van der Waals surface area contributed by atoms with Crippen LogP contribution in [0, 0.1) is 0 Å². The highest BCUT2D eigenvalue weighted by molar-refractivity contribution is 7.90. The SMILES string of the molecule is Cn1c[n+](CCS(C)(=O)=O)c(C=NO)n1. The summed E-state index contributed by atoms with van der Waals surface area (Å²) in [7, 11) is -1.31. The lowest BCUT2D eigenvalue weighted by molar-refractivity contribution is -0.694. The topological polar surface area (TPSA) is 88.4 Å². The van der Waals surface area contributed by atoms with Gasteiger partial charge < -0.3 is 5.21 Å². The van der Waals surface area contributed by atoms with Crippen molar-refractivity contribution in [2.24, 2.45) is 12.2 Å².